The van der Waals surface area contributed by atoms with Crippen LogP contribution < -0.4 is 0 Å². The molecule has 0 aromatic rings. The zero-order valence-corrected chi connectivity index (χ0v) is 37.3. The van der Waals surface area contributed by atoms with Crippen molar-refractivity contribution in [3.63, 3.8) is 0 Å². The monoisotopic (exact) mass is 801 g/mol. The number of carbonyl (C=O) groups is 2. The van der Waals surface area contributed by atoms with E-state index in [-0.39, 0.29) is 32.0 Å². The number of esters is 2. The van der Waals surface area contributed by atoms with Crippen molar-refractivity contribution in [3.05, 3.63) is 24.3 Å². The molecule has 10 heteroatoms. The summed E-state index contributed by atoms with van der Waals surface area (Å²) in [5.74, 6) is -0.809. The minimum Gasteiger partial charge on any atom is -0.462 e. The smallest absolute Gasteiger partial charge is 0.462 e. The predicted molar refractivity (Wildman–Crippen MR) is 229 cm³/mol. The molecule has 1 N–H and O–H groups in total. The van der Waals surface area contributed by atoms with E-state index in [9.17, 15) is 19.0 Å². The maximum Gasteiger partial charge on any atom is 0.472 e. The largest absolute Gasteiger partial charge is 0.472 e. The molecule has 0 saturated heterocycles. The van der Waals surface area contributed by atoms with Crippen LogP contribution in [0.4, 0.5) is 0 Å². The Balaban J connectivity index is 4.41. The molecule has 0 heterocycles. The molecule has 0 aliphatic carbocycles. The number of rotatable bonds is 41. The van der Waals surface area contributed by atoms with Gasteiger partial charge >= 0.3 is 19.8 Å². The highest BCUT2D eigenvalue weighted by molar-refractivity contribution is 7.47. The number of allylic oxidation sites excluding steroid dienone is 4. The molecule has 0 aliphatic heterocycles. The zero-order valence-electron chi connectivity index (χ0n) is 36.4. The van der Waals surface area contributed by atoms with E-state index in [1.165, 1.54) is 89.9 Å². The summed E-state index contributed by atoms with van der Waals surface area (Å²) in [6, 6.07) is 0. The van der Waals surface area contributed by atoms with Gasteiger partial charge in [-0.2, -0.15) is 0 Å². The lowest BCUT2D eigenvalue weighted by Gasteiger charge is -2.24. The quantitative estimate of drug-likeness (QED) is 0.0214. The van der Waals surface area contributed by atoms with Gasteiger partial charge in [0.1, 0.15) is 6.61 Å². The molecule has 55 heavy (non-hydrogen) atoms. The van der Waals surface area contributed by atoms with Gasteiger partial charge in [0, 0.05) is 19.3 Å². The van der Waals surface area contributed by atoms with Crippen molar-refractivity contribution < 1.29 is 42.1 Å². The summed E-state index contributed by atoms with van der Waals surface area (Å²) < 4.78 is 34.5. The molecule has 1 unspecified atom stereocenters. The first-order chi connectivity index (χ1) is 26.5. The number of nitrogens with zero attached hydrogens (tertiary/aromatic N) is 1. The topological polar surface area (TPSA) is 108 Å². The van der Waals surface area contributed by atoms with Gasteiger partial charge in [-0.25, -0.2) is 4.57 Å². The summed E-state index contributed by atoms with van der Waals surface area (Å²) in [4.78, 5) is 35.4. The van der Waals surface area contributed by atoms with Crippen LogP contribution in [0.25, 0.3) is 0 Å². The maximum atomic E-state index is 12.7. The van der Waals surface area contributed by atoms with E-state index in [0.717, 1.165) is 77.2 Å². The van der Waals surface area contributed by atoms with Crippen molar-refractivity contribution in [2.24, 2.45) is 0 Å². The molecule has 0 aliphatic rings. The number of phosphoric acid groups is 1. The van der Waals surface area contributed by atoms with Crippen molar-refractivity contribution in [1.82, 2.24) is 0 Å². The lowest BCUT2D eigenvalue weighted by atomic mass is 10.1. The van der Waals surface area contributed by atoms with Gasteiger partial charge in [-0.15, -0.1) is 0 Å². The zero-order chi connectivity index (χ0) is 40.7. The summed E-state index contributed by atoms with van der Waals surface area (Å²) in [6.45, 7) is 4.70. The Hall–Kier alpha value is -1.51. The fraction of sp³-hybridized carbons (Fsp3) is 0.867. The van der Waals surface area contributed by atoms with Crippen LogP contribution >= 0.6 is 7.82 Å². The molecule has 2 atom stereocenters. The molecule has 0 amide bonds. The standard InChI is InChI=1S/C45H86NO8P/c1-6-8-10-12-14-16-18-20-22-24-26-28-30-32-34-37-44(47)51-41-43(42-53-55(49,50)52-40-36-39-46(3,4)5)54-45(48)38-35-33-31-29-27-25-23-21-19-17-15-13-11-9-7-2/h20-23,43H,6-19,24-42H2,1-5H3/p+1/b22-20-,23-21-/t43-/m1/s1. The van der Waals surface area contributed by atoms with E-state index in [1.54, 1.807) is 0 Å². The number of hydrogen-bond donors (Lipinski definition) is 1. The van der Waals surface area contributed by atoms with E-state index in [1.807, 2.05) is 21.1 Å². The second kappa shape index (κ2) is 38.0. The van der Waals surface area contributed by atoms with Gasteiger partial charge < -0.3 is 18.9 Å². The minimum atomic E-state index is -4.37. The maximum absolute atomic E-state index is 12.7. The lowest BCUT2D eigenvalue weighted by molar-refractivity contribution is -0.870. The van der Waals surface area contributed by atoms with Crippen molar-refractivity contribution in [2.45, 2.75) is 206 Å². The Kier molecular flexibility index (Phi) is 37.0. The second-order valence-electron chi connectivity index (χ2n) is 16.4. The normalized spacial score (nSPS) is 13.8. The van der Waals surface area contributed by atoms with Crippen LogP contribution in [0.15, 0.2) is 24.3 Å². The van der Waals surface area contributed by atoms with E-state index >= 15 is 0 Å². The highest BCUT2D eigenvalue weighted by Crippen LogP contribution is 2.43. The Morgan fingerprint density at radius 3 is 1.38 bits per heavy atom. The van der Waals surface area contributed by atoms with Crippen LogP contribution in [0.3, 0.4) is 0 Å². The van der Waals surface area contributed by atoms with E-state index < -0.39 is 26.5 Å². The molecule has 0 bridgehead atoms. The third-order valence-electron chi connectivity index (χ3n) is 9.67. The first-order valence-corrected chi connectivity index (χ1v) is 24.1. The average Bonchev–Trinajstić information content (AvgIpc) is 3.14. The SMILES string of the molecule is CCCCCCCC/C=C\CCCCCCCC(=O)OC[C@H](COP(=O)(O)OCCC[N+](C)(C)C)OC(=O)CCCCCCC/C=C\CCCCCCCC. The van der Waals surface area contributed by atoms with Gasteiger partial charge in [0.25, 0.3) is 0 Å². The third-order valence-corrected chi connectivity index (χ3v) is 10.6. The van der Waals surface area contributed by atoms with Crippen LogP contribution in [-0.4, -0.2) is 74.9 Å². The number of hydrogen-bond acceptors (Lipinski definition) is 7. The van der Waals surface area contributed by atoms with Gasteiger partial charge in [-0.3, -0.25) is 18.6 Å². The summed E-state index contributed by atoms with van der Waals surface area (Å²) in [5.41, 5.74) is 0. The third kappa shape index (κ3) is 41.9. The molecule has 0 spiro atoms. The van der Waals surface area contributed by atoms with E-state index in [4.69, 9.17) is 18.5 Å². The van der Waals surface area contributed by atoms with Gasteiger partial charge in [-0.1, -0.05) is 141 Å². The second-order valence-corrected chi connectivity index (χ2v) is 17.9. The number of carbonyl (C=O) groups excluding carboxylic acids is 2. The van der Waals surface area contributed by atoms with Crippen LogP contribution in [-0.2, 0) is 32.7 Å². The number of ether oxygens (including phenoxy) is 2. The molecule has 9 nitrogen and oxygen atoms in total. The van der Waals surface area contributed by atoms with Crippen molar-refractivity contribution in [1.29, 1.82) is 0 Å². The van der Waals surface area contributed by atoms with E-state index in [0.29, 0.717) is 17.3 Å². The van der Waals surface area contributed by atoms with Gasteiger partial charge in [0.2, 0.25) is 0 Å². The molecule has 0 aromatic heterocycles. The van der Waals surface area contributed by atoms with Gasteiger partial charge in [0.15, 0.2) is 6.10 Å². The summed E-state index contributed by atoms with van der Waals surface area (Å²) >= 11 is 0. The minimum absolute atomic E-state index is 0.0637. The first-order valence-electron chi connectivity index (χ1n) is 22.6. The molecule has 0 radical (unpaired) electrons. The van der Waals surface area contributed by atoms with Crippen LogP contribution in [0.2, 0.25) is 0 Å². The van der Waals surface area contributed by atoms with Crippen molar-refractivity contribution in [2.75, 3.05) is 47.5 Å². The molecule has 0 fully saturated rings. The number of unbranched alkanes of at least 4 members (excludes halogenated alkanes) is 22. The Bertz CT molecular complexity index is 996. The molecular weight excluding hydrogens is 713 g/mol. The van der Waals surface area contributed by atoms with Crippen molar-refractivity contribution in [3.8, 4) is 0 Å². The van der Waals surface area contributed by atoms with Crippen molar-refractivity contribution >= 4 is 19.8 Å². The highest BCUT2D eigenvalue weighted by Gasteiger charge is 2.26. The lowest BCUT2D eigenvalue weighted by Crippen LogP contribution is -2.35. The summed E-state index contributed by atoms with van der Waals surface area (Å²) in [5, 5.41) is 0. The molecule has 324 valence electrons. The Morgan fingerprint density at radius 2 is 0.945 bits per heavy atom. The fourth-order valence-electron chi connectivity index (χ4n) is 6.23. The molecule has 0 saturated carbocycles. The van der Waals surface area contributed by atoms with Crippen LogP contribution in [0.5, 0.6) is 0 Å². The van der Waals surface area contributed by atoms with Crippen LogP contribution in [0, 0.1) is 0 Å². The fourth-order valence-corrected chi connectivity index (χ4v) is 7.02. The predicted octanol–water partition coefficient (Wildman–Crippen LogP) is 12.7. The highest BCUT2D eigenvalue weighted by atomic mass is 31.2. The molecule has 0 rings (SSSR count). The number of phosphoric ester groups is 1. The van der Waals surface area contributed by atoms with Crippen LogP contribution in [0.1, 0.15) is 200 Å². The molecular formula is C45H87NO8P+. The summed E-state index contributed by atoms with van der Waals surface area (Å²) in [6.07, 6.45) is 39.9. The summed E-state index contributed by atoms with van der Waals surface area (Å²) in [7, 11) is 1.73. The first kappa shape index (κ1) is 53.5. The Labute approximate surface area is 339 Å². The van der Waals surface area contributed by atoms with E-state index in [2.05, 4.69) is 38.2 Å². The average molecular weight is 801 g/mol. The van der Waals surface area contributed by atoms with Gasteiger partial charge in [0.05, 0.1) is 40.9 Å². The number of quaternary nitrogens is 1. The molecule has 0 aromatic carbocycles. The van der Waals surface area contributed by atoms with Gasteiger partial charge in [-0.05, 0) is 64.2 Å². The Morgan fingerprint density at radius 1 is 0.545 bits per heavy atom.